The molecule has 84 valence electrons. The van der Waals surface area contributed by atoms with Crippen molar-refractivity contribution in [1.82, 2.24) is 10.2 Å². The van der Waals surface area contributed by atoms with Crippen LogP contribution in [-0.4, -0.2) is 21.3 Å². The summed E-state index contributed by atoms with van der Waals surface area (Å²) in [4.78, 5) is 10.4. The number of nitrogens with one attached hydrogen (secondary N) is 1. The van der Waals surface area contributed by atoms with E-state index in [-0.39, 0.29) is 6.42 Å². The molecule has 0 spiro atoms. The lowest BCUT2D eigenvalue weighted by molar-refractivity contribution is -0.135. The normalized spacial score (nSPS) is 9.41. The van der Waals surface area contributed by atoms with Gasteiger partial charge in [0, 0.05) is 17.3 Å². The van der Waals surface area contributed by atoms with Gasteiger partial charge in [0.1, 0.15) is 6.42 Å². The Morgan fingerprint density at radius 1 is 1.35 bits per heavy atom. The summed E-state index contributed by atoms with van der Waals surface area (Å²) in [5.41, 5.74) is 2.58. The molecule has 0 atom stereocenters. The van der Waals surface area contributed by atoms with Gasteiger partial charge in [-0.3, -0.25) is 9.89 Å². The molecule has 1 heterocycles. The molecular weight excluding hydrogens is 216 g/mol. The Kier molecular flexibility index (Phi) is 3.22. The minimum absolute atomic E-state index is 0.155. The molecule has 0 unspecified atom stereocenters. The topological polar surface area (TPSA) is 66.0 Å². The predicted molar refractivity (Wildman–Crippen MR) is 63.2 cm³/mol. The van der Waals surface area contributed by atoms with E-state index >= 15 is 0 Å². The van der Waals surface area contributed by atoms with Crippen molar-refractivity contribution in [1.29, 1.82) is 0 Å². The van der Waals surface area contributed by atoms with Crippen molar-refractivity contribution in [3.63, 3.8) is 0 Å². The van der Waals surface area contributed by atoms with E-state index in [9.17, 15) is 4.79 Å². The molecule has 0 aliphatic heterocycles. The van der Waals surface area contributed by atoms with E-state index in [1.165, 1.54) is 0 Å². The number of nitrogens with zero attached hydrogens (tertiary/aromatic N) is 1. The largest absolute Gasteiger partial charge is 0.481 e. The second kappa shape index (κ2) is 4.99. The maximum Gasteiger partial charge on any atom is 0.315 e. The zero-order chi connectivity index (χ0) is 12.1. The fourth-order valence-electron chi connectivity index (χ4n) is 1.45. The quantitative estimate of drug-likeness (QED) is 0.768. The zero-order valence-electron chi connectivity index (χ0n) is 8.97. The highest BCUT2D eigenvalue weighted by atomic mass is 16.4. The summed E-state index contributed by atoms with van der Waals surface area (Å²) in [6, 6.07) is 9.38. The van der Waals surface area contributed by atoms with Crippen molar-refractivity contribution in [2.24, 2.45) is 0 Å². The number of hydrogen-bond donors (Lipinski definition) is 2. The van der Waals surface area contributed by atoms with Gasteiger partial charge >= 0.3 is 5.97 Å². The first kappa shape index (κ1) is 11.0. The molecule has 4 nitrogen and oxygen atoms in total. The Morgan fingerprint density at radius 3 is 2.88 bits per heavy atom. The molecule has 0 amide bonds. The molecule has 0 fully saturated rings. The van der Waals surface area contributed by atoms with E-state index < -0.39 is 5.97 Å². The van der Waals surface area contributed by atoms with Gasteiger partial charge < -0.3 is 5.11 Å². The number of hydrogen-bond acceptors (Lipinski definition) is 2. The summed E-state index contributed by atoms with van der Waals surface area (Å²) >= 11 is 0. The van der Waals surface area contributed by atoms with Gasteiger partial charge in [-0.05, 0) is 12.1 Å². The summed E-state index contributed by atoms with van der Waals surface area (Å²) in [5.74, 6) is 4.55. The van der Waals surface area contributed by atoms with Gasteiger partial charge in [0.25, 0.3) is 0 Å². The summed E-state index contributed by atoms with van der Waals surface area (Å²) < 4.78 is 0. The first-order chi connectivity index (χ1) is 8.27. The molecule has 17 heavy (non-hydrogen) atoms. The lowest BCUT2D eigenvalue weighted by Gasteiger charge is -2.00. The number of aromatic amines is 1. The lowest BCUT2D eigenvalue weighted by Crippen LogP contribution is -1.90. The molecule has 1 aromatic heterocycles. The molecular formula is C13H10N2O2. The molecule has 1 aromatic carbocycles. The van der Waals surface area contributed by atoms with Crippen LogP contribution >= 0.6 is 0 Å². The van der Waals surface area contributed by atoms with Crippen molar-refractivity contribution in [2.45, 2.75) is 6.42 Å². The molecule has 0 bridgehead atoms. The minimum atomic E-state index is -0.920. The number of aromatic nitrogens is 2. The predicted octanol–water partition coefficient (Wildman–Crippen LogP) is 1.90. The third kappa shape index (κ3) is 2.73. The summed E-state index contributed by atoms with van der Waals surface area (Å²) in [6.45, 7) is 0. The Hall–Kier alpha value is -2.54. The number of benzene rings is 1. The highest BCUT2D eigenvalue weighted by Crippen LogP contribution is 2.20. The van der Waals surface area contributed by atoms with Gasteiger partial charge in [0.15, 0.2) is 0 Å². The van der Waals surface area contributed by atoms with Crippen LogP contribution in [0.5, 0.6) is 0 Å². The Labute approximate surface area is 98.3 Å². The molecule has 0 radical (unpaired) electrons. The smallest absolute Gasteiger partial charge is 0.315 e. The fraction of sp³-hybridized carbons (Fsp3) is 0.0769. The lowest BCUT2D eigenvalue weighted by atomic mass is 10.1. The average Bonchev–Trinajstić information content (AvgIpc) is 2.82. The summed E-state index contributed by atoms with van der Waals surface area (Å²) in [7, 11) is 0. The molecule has 2 N–H and O–H groups in total. The van der Waals surface area contributed by atoms with Gasteiger partial charge in [-0.1, -0.05) is 30.0 Å². The van der Waals surface area contributed by atoms with Gasteiger partial charge in [-0.25, -0.2) is 0 Å². The van der Waals surface area contributed by atoms with Crippen LogP contribution in [0.15, 0.2) is 36.5 Å². The van der Waals surface area contributed by atoms with E-state index in [0.717, 1.165) is 16.8 Å². The molecule has 2 aromatic rings. The van der Waals surface area contributed by atoms with Crippen LogP contribution < -0.4 is 0 Å². The SMILES string of the molecule is O=C(O)CC#Cc1ccccc1-c1ccn[nH]1. The number of carboxylic acids is 1. The zero-order valence-corrected chi connectivity index (χ0v) is 8.97. The number of carbonyl (C=O) groups is 1. The van der Waals surface area contributed by atoms with Gasteiger partial charge in [0.2, 0.25) is 0 Å². The van der Waals surface area contributed by atoms with Crippen LogP contribution in [0.25, 0.3) is 11.3 Å². The maximum absolute atomic E-state index is 10.4. The molecule has 0 aliphatic carbocycles. The van der Waals surface area contributed by atoms with E-state index in [2.05, 4.69) is 22.0 Å². The third-order valence-corrected chi connectivity index (χ3v) is 2.18. The van der Waals surface area contributed by atoms with E-state index in [1.807, 2.05) is 30.3 Å². The second-order valence-corrected chi connectivity index (χ2v) is 3.39. The minimum Gasteiger partial charge on any atom is -0.481 e. The Balaban J connectivity index is 2.34. The van der Waals surface area contributed by atoms with E-state index in [4.69, 9.17) is 5.11 Å². The Morgan fingerprint density at radius 2 is 2.18 bits per heavy atom. The highest BCUT2D eigenvalue weighted by Gasteiger charge is 2.02. The van der Waals surface area contributed by atoms with Crippen molar-refractivity contribution >= 4 is 5.97 Å². The number of H-pyrrole nitrogens is 1. The third-order valence-electron chi connectivity index (χ3n) is 2.18. The van der Waals surface area contributed by atoms with Gasteiger partial charge in [-0.2, -0.15) is 5.10 Å². The van der Waals surface area contributed by atoms with Crippen LogP contribution in [0.4, 0.5) is 0 Å². The summed E-state index contributed by atoms with van der Waals surface area (Å²) in [6.07, 6.45) is 1.51. The number of rotatable bonds is 2. The van der Waals surface area contributed by atoms with Crippen LogP contribution in [0.3, 0.4) is 0 Å². The van der Waals surface area contributed by atoms with Gasteiger partial charge in [0.05, 0.1) is 5.69 Å². The molecule has 2 rings (SSSR count). The molecule has 0 saturated heterocycles. The van der Waals surface area contributed by atoms with E-state index in [1.54, 1.807) is 6.20 Å². The first-order valence-corrected chi connectivity index (χ1v) is 5.07. The van der Waals surface area contributed by atoms with E-state index in [0.29, 0.717) is 0 Å². The second-order valence-electron chi connectivity index (χ2n) is 3.39. The molecule has 0 saturated carbocycles. The molecule has 0 aliphatic rings. The van der Waals surface area contributed by atoms with Crippen LogP contribution in [0, 0.1) is 11.8 Å². The highest BCUT2D eigenvalue weighted by molar-refractivity contribution is 5.72. The van der Waals surface area contributed by atoms with Crippen LogP contribution in [-0.2, 0) is 4.79 Å². The standard InChI is InChI=1S/C13H10N2O2/c16-13(17)7-3-5-10-4-1-2-6-11(10)12-8-9-14-15-12/h1-2,4,6,8-9H,7H2,(H,14,15)(H,16,17). The van der Waals surface area contributed by atoms with Crippen molar-refractivity contribution < 1.29 is 9.90 Å². The van der Waals surface area contributed by atoms with Crippen molar-refractivity contribution in [3.05, 3.63) is 42.1 Å². The first-order valence-electron chi connectivity index (χ1n) is 5.07. The molecule has 4 heteroatoms. The maximum atomic E-state index is 10.4. The van der Waals surface area contributed by atoms with Crippen LogP contribution in [0.2, 0.25) is 0 Å². The van der Waals surface area contributed by atoms with Crippen LogP contribution in [0.1, 0.15) is 12.0 Å². The fourth-order valence-corrected chi connectivity index (χ4v) is 1.45. The monoisotopic (exact) mass is 226 g/mol. The van der Waals surface area contributed by atoms with Crippen molar-refractivity contribution in [3.8, 4) is 23.1 Å². The summed E-state index contributed by atoms with van der Waals surface area (Å²) in [5, 5.41) is 15.3. The average molecular weight is 226 g/mol. The number of aliphatic carboxylic acids is 1. The number of carboxylic acid groups (broad SMARTS) is 1. The Bertz CT molecular complexity index is 577. The van der Waals surface area contributed by atoms with Crippen molar-refractivity contribution in [2.75, 3.05) is 0 Å². The van der Waals surface area contributed by atoms with Gasteiger partial charge in [-0.15, -0.1) is 0 Å².